The number of nitrogens with two attached hydrogens (primary N) is 1. The van der Waals surface area contributed by atoms with E-state index in [1.165, 1.54) is 4.90 Å². The highest BCUT2D eigenvalue weighted by Gasteiger charge is 2.32. The number of rotatable bonds is 3. The number of nitrogens with one attached hydrogen (secondary N) is 1. The van der Waals surface area contributed by atoms with Crippen LogP contribution in [0.25, 0.3) is 0 Å². The van der Waals surface area contributed by atoms with Crippen molar-refractivity contribution in [1.82, 2.24) is 10.2 Å². The van der Waals surface area contributed by atoms with Gasteiger partial charge in [-0.1, -0.05) is 0 Å². The monoisotopic (exact) mass is 245 g/mol. The van der Waals surface area contributed by atoms with Crippen molar-refractivity contribution in [1.29, 1.82) is 0 Å². The molecule has 2 atom stereocenters. The van der Waals surface area contributed by atoms with Crippen LogP contribution in [-0.2, 0) is 14.3 Å². The fourth-order valence-corrected chi connectivity index (χ4v) is 1.60. The Morgan fingerprint density at radius 2 is 2.29 bits per heavy atom. The molecule has 2 unspecified atom stereocenters. The molecule has 7 heteroatoms. The molecule has 1 fully saturated rings. The summed E-state index contributed by atoms with van der Waals surface area (Å²) in [6.07, 6.45) is -0.419. The second-order valence-corrected chi connectivity index (χ2v) is 3.99. The van der Waals surface area contributed by atoms with Crippen molar-refractivity contribution in [3.63, 3.8) is 0 Å². The second-order valence-electron chi connectivity index (χ2n) is 3.99. The molecule has 0 saturated carbocycles. The summed E-state index contributed by atoms with van der Waals surface area (Å²) in [5.74, 6) is -1.27. The molecule has 1 aliphatic heterocycles. The highest BCUT2D eigenvalue weighted by atomic mass is 16.5. The smallest absolute Gasteiger partial charge is 0.312 e. The molecule has 1 rings (SSSR count). The molecule has 1 aliphatic rings. The molecule has 98 valence electrons. The van der Waals surface area contributed by atoms with Gasteiger partial charge in [-0.3, -0.25) is 9.59 Å². The van der Waals surface area contributed by atoms with Gasteiger partial charge in [-0.2, -0.15) is 0 Å². The van der Waals surface area contributed by atoms with Crippen LogP contribution in [0, 0.1) is 0 Å². The van der Waals surface area contributed by atoms with Crippen LogP contribution in [-0.4, -0.2) is 66.8 Å². The molecule has 1 saturated heterocycles. The van der Waals surface area contributed by atoms with Crippen LogP contribution < -0.4 is 11.1 Å². The van der Waals surface area contributed by atoms with E-state index in [0.717, 1.165) is 0 Å². The van der Waals surface area contributed by atoms with Crippen LogP contribution in [0.5, 0.6) is 0 Å². The minimum atomic E-state index is -0.666. The molecule has 17 heavy (non-hydrogen) atoms. The Labute approximate surface area is 99.9 Å². The summed E-state index contributed by atoms with van der Waals surface area (Å²) in [6, 6.07) is -0.172. The van der Waals surface area contributed by atoms with E-state index in [0.29, 0.717) is 6.61 Å². The topological polar surface area (TPSA) is 105 Å². The Bertz CT molecular complexity index is 285. The van der Waals surface area contributed by atoms with Crippen LogP contribution in [0.1, 0.15) is 6.92 Å². The van der Waals surface area contributed by atoms with E-state index in [2.05, 4.69) is 5.32 Å². The quantitative estimate of drug-likeness (QED) is 0.484. The number of hydrogen-bond acceptors (Lipinski definition) is 5. The van der Waals surface area contributed by atoms with Gasteiger partial charge in [0.1, 0.15) is 0 Å². The molecule has 0 spiro atoms. The molecule has 1 heterocycles. The third-order valence-electron chi connectivity index (χ3n) is 2.59. The van der Waals surface area contributed by atoms with Gasteiger partial charge in [0, 0.05) is 19.6 Å². The standard InChI is InChI=1S/C10H19N3O4/c1-7-6-17-8(5-14)4-13(7)10(16)9(15)12-3-2-11/h7-8,14H,2-6,11H2,1H3,(H,12,15). The zero-order valence-electron chi connectivity index (χ0n) is 9.89. The molecular formula is C10H19N3O4. The van der Waals surface area contributed by atoms with E-state index < -0.39 is 17.9 Å². The zero-order chi connectivity index (χ0) is 12.8. The molecule has 4 N–H and O–H groups in total. The maximum atomic E-state index is 11.8. The molecule has 7 nitrogen and oxygen atoms in total. The lowest BCUT2D eigenvalue weighted by Crippen LogP contribution is -2.56. The summed E-state index contributed by atoms with van der Waals surface area (Å²) in [5, 5.41) is 11.4. The van der Waals surface area contributed by atoms with Gasteiger partial charge in [0.05, 0.1) is 25.4 Å². The lowest BCUT2D eigenvalue weighted by molar-refractivity contribution is -0.155. The van der Waals surface area contributed by atoms with Crippen molar-refractivity contribution in [3.05, 3.63) is 0 Å². The van der Waals surface area contributed by atoms with Gasteiger partial charge in [-0.25, -0.2) is 0 Å². The van der Waals surface area contributed by atoms with Crippen molar-refractivity contribution in [2.45, 2.75) is 19.1 Å². The van der Waals surface area contributed by atoms with E-state index in [1.54, 1.807) is 6.92 Å². The number of carbonyl (C=O) groups excluding carboxylic acids is 2. The van der Waals surface area contributed by atoms with Gasteiger partial charge in [0.25, 0.3) is 0 Å². The van der Waals surface area contributed by atoms with Gasteiger partial charge >= 0.3 is 11.8 Å². The van der Waals surface area contributed by atoms with Crippen molar-refractivity contribution in [2.24, 2.45) is 5.73 Å². The number of aliphatic hydroxyl groups excluding tert-OH is 1. The molecule has 0 aromatic heterocycles. The predicted octanol–water partition coefficient (Wildman–Crippen LogP) is -2.33. The number of carbonyl (C=O) groups is 2. The highest BCUT2D eigenvalue weighted by Crippen LogP contribution is 2.11. The van der Waals surface area contributed by atoms with Gasteiger partial charge < -0.3 is 25.8 Å². The molecule has 0 aromatic carbocycles. The van der Waals surface area contributed by atoms with Crippen molar-refractivity contribution >= 4 is 11.8 Å². The molecule has 0 radical (unpaired) electrons. The molecular weight excluding hydrogens is 226 g/mol. The SMILES string of the molecule is CC1COC(CO)CN1C(=O)C(=O)NCCN. The van der Waals surface area contributed by atoms with E-state index in [9.17, 15) is 9.59 Å². The van der Waals surface area contributed by atoms with Crippen molar-refractivity contribution < 1.29 is 19.4 Å². The van der Waals surface area contributed by atoms with Gasteiger partial charge in [0.15, 0.2) is 0 Å². The summed E-state index contributed by atoms with van der Waals surface area (Å²) < 4.78 is 5.29. The molecule has 0 bridgehead atoms. The van der Waals surface area contributed by atoms with E-state index in [-0.39, 0.29) is 32.3 Å². The average Bonchev–Trinajstić information content (AvgIpc) is 2.35. The average molecular weight is 245 g/mol. The van der Waals surface area contributed by atoms with Gasteiger partial charge in [-0.15, -0.1) is 0 Å². The normalized spacial score (nSPS) is 24.5. The van der Waals surface area contributed by atoms with Gasteiger partial charge in [-0.05, 0) is 6.92 Å². The lowest BCUT2D eigenvalue weighted by Gasteiger charge is -2.36. The Morgan fingerprint density at radius 1 is 1.59 bits per heavy atom. The first-order valence-corrected chi connectivity index (χ1v) is 5.61. The summed E-state index contributed by atoms with van der Waals surface area (Å²) in [6.45, 7) is 2.74. The minimum Gasteiger partial charge on any atom is -0.394 e. The number of nitrogens with zero attached hydrogens (tertiary/aromatic N) is 1. The van der Waals surface area contributed by atoms with E-state index >= 15 is 0 Å². The van der Waals surface area contributed by atoms with E-state index in [4.69, 9.17) is 15.6 Å². The molecule has 0 aromatic rings. The summed E-state index contributed by atoms with van der Waals surface area (Å²) >= 11 is 0. The second kappa shape index (κ2) is 6.53. The third kappa shape index (κ3) is 3.65. The first kappa shape index (κ1) is 13.9. The van der Waals surface area contributed by atoms with Crippen LogP contribution in [0.4, 0.5) is 0 Å². The number of morpholine rings is 1. The maximum Gasteiger partial charge on any atom is 0.312 e. The van der Waals surface area contributed by atoms with Crippen molar-refractivity contribution in [2.75, 3.05) is 32.8 Å². The number of hydrogen-bond donors (Lipinski definition) is 3. The van der Waals surface area contributed by atoms with Crippen molar-refractivity contribution in [3.8, 4) is 0 Å². The Morgan fingerprint density at radius 3 is 2.88 bits per heavy atom. The first-order chi connectivity index (χ1) is 8.10. The first-order valence-electron chi connectivity index (χ1n) is 5.61. The van der Waals surface area contributed by atoms with Crippen LogP contribution in [0.15, 0.2) is 0 Å². The maximum absolute atomic E-state index is 11.8. The molecule has 2 amide bonds. The van der Waals surface area contributed by atoms with E-state index in [1.807, 2.05) is 0 Å². The summed E-state index contributed by atoms with van der Waals surface area (Å²) in [5.41, 5.74) is 5.23. The molecule has 0 aliphatic carbocycles. The van der Waals surface area contributed by atoms with Crippen LogP contribution in [0.2, 0.25) is 0 Å². The largest absolute Gasteiger partial charge is 0.394 e. The number of aliphatic hydroxyl groups is 1. The minimum absolute atomic E-state index is 0.166. The summed E-state index contributed by atoms with van der Waals surface area (Å²) in [7, 11) is 0. The predicted molar refractivity (Wildman–Crippen MR) is 60.1 cm³/mol. The Kier molecular flexibility index (Phi) is 5.33. The lowest BCUT2D eigenvalue weighted by atomic mass is 10.2. The highest BCUT2D eigenvalue weighted by molar-refractivity contribution is 6.35. The third-order valence-corrected chi connectivity index (χ3v) is 2.59. The Balaban J connectivity index is 2.56. The fourth-order valence-electron chi connectivity index (χ4n) is 1.60. The Hall–Kier alpha value is -1.18. The zero-order valence-corrected chi connectivity index (χ0v) is 9.89. The fraction of sp³-hybridized carbons (Fsp3) is 0.800. The van der Waals surface area contributed by atoms with Gasteiger partial charge in [0.2, 0.25) is 0 Å². The summed E-state index contributed by atoms with van der Waals surface area (Å²) in [4.78, 5) is 24.7. The number of ether oxygens (including phenoxy) is 1. The number of amides is 2. The van der Waals surface area contributed by atoms with Crippen LogP contribution >= 0.6 is 0 Å². The van der Waals surface area contributed by atoms with Crippen LogP contribution in [0.3, 0.4) is 0 Å².